The van der Waals surface area contributed by atoms with Gasteiger partial charge in [-0.2, -0.15) is 0 Å². The number of carbonyl (C=O) groups excluding carboxylic acids is 2. The lowest BCUT2D eigenvalue weighted by atomic mass is 10.0. The first-order valence-electron chi connectivity index (χ1n) is 8.60. The zero-order chi connectivity index (χ0) is 20.7. The number of hydrogen-bond donors (Lipinski definition) is 6. The number of aromatic hydroxyl groups is 1. The smallest absolute Gasteiger partial charge is 0.326 e. The highest BCUT2D eigenvalue weighted by atomic mass is 16.4. The summed E-state index contributed by atoms with van der Waals surface area (Å²) in [7, 11) is 0. The minimum Gasteiger partial charge on any atom is -0.508 e. The van der Waals surface area contributed by atoms with Gasteiger partial charge in [-0.15, -0.1) is 0 Å². The summed E-state index contributed by atoms with van der Waals surface area (Å²) in [5, 5.41) is 23.7. The molecule has 1 aromatic heterocycles. The van der Waals surface area contributed by atoms with Gasteiger partial charge in [0.15, 0.2) is 0 Å². The van der Waals surface area contributed by atoms with Crippen LogP contribution in [-0.4, -0.2) is 56.1 Å². The third-order valence-corrected chi connectivity index (χ3v) is 4.02. The largest absolute Gasteiger partial charge is 0.508 e. The number of rotatable bonds is 9. The Bertz CT molecular complexity index is 804. The first-order chi connectivity index (χ1) is 13.3. The molecule has 2 amide bonds. The normalized spacial score (nSPS) is 13.9. The van der Waals surface area contributed by atoms with Crippen LogP contribution in [0.3, 0.4) is 0 Å². The molecule has 0 aliphatic carbocycles. The maximum atomic E-state index is 12.7. The Morgan fingerprint density at radius 2 is 1.75 bits per heavy atom. The number of nitrogens with one attached hydrogen (secondary N) is 3. The van der Waals surface area contributed by atoms with Gasteiger partial charge < -0.3 is 31.6 Å². The van der Waals surface area contributed by atoms with E-state index in [1.807, 2.05) is 0 Å². The highest BCUT2D eigenvalue weighted by Crippen LogP contribution is 2.12. The third kappa shape index (κ3) is 6.09. The van der Waals surface area contributed by atoms with Gasteiger partial charge in [0.05, 0.1) is 12.4 Å². The predicted octanol–water partition coefficient (Wildman–Crippen LogP) is -0.698. The molecule has 28 heavy (non-hydrogen) atoms. The molecule has 0 saturated heterocycles. The van der Waals surface area contributed by atoms with Crippen LogP contribution in [0.1, 0.15) is 18.2 Å². The number of phenolic OH excluding ortho intramolecular Hbond substituents is 1. The summed E-state index contributed by atoms with van der Waals surface area (Å²) in [6.07, 6.45) is 3.04. The standard InChI is InChI=1S/C18H23N5O5/c1-10(19)16(25)22-14(7-12-8-20-9-21-12)17(26)23-15(18(27)28)6-11-2-4-13(24)5-3-11/h2-5,8-10,14-15,24H,6-7,19H2,1H3,(H,20,21)(H,22,25)(H,23,26)(H,27,28). The van der Waals surface area contributed by atoms with Crippen molar-refractivity contribution in [2.24, 2.45) is 5.73 Å². The summed E-state index contributed by atoms with van der Waals surface area (Å²) < 4.78 is 0. The quantitative estimate of drug-likeness (QED) is 0.329. The molecule has 1 heterocycles. The van der Waals surface area contributed by atoms with Crippen LogP contribution in [0.2, 0.25) is 0 Å². The molecule has 3 atom stereocenters. The molecule has 0 aliphatic heterocycles. The van der Waals surface area contributed by atoms with Crippen LogP contribution in [-0.2, 0) is 27.2 Å². The van der Waals surface area contributed by atoms with Crippen LogP contribution < -0.4 is 16.4 Å². The Morgan fingerprint density at radius 1 is 1.11 bits per heavy atom. The van der Waals surface area contributed by atoms with Crippen molar-refractivity contribution in [2.45, 2.75) is 37.9 Å². The van der Waals surface area contributed by atoms with E-state index >= 15 is 0 Å². The number of nitrogens with zero attached hydrogens (tertiary/aromatic N) is 1. The van der Waals surface area contributed by atoms with E-state index in [-0.39, 0.29) is 18.6 Å². The van der Waals surface area contributed by atoms with Gasteiger partial charge in [0.1, 0.15) is 17.8 Å². The van der Waals surface area contributed by atoms with Gasteiger partial charge >= 0.3 is 5.97 Å². The summed E-state index contributed by atoms with van der Waals surface area (Å²) >= 11 is 0. The molecular weight excluding hydrogens is 366 g/mol. The molecule has 0 bridgehead atoms. The molecule has 0 fully saturated rings. The lowest BCUT2D eigenvalue weighted by Gasteiger charge is -2.22. The lowest BCUT2D eigenvalue weighted by Crippen LogP contribution is -2.55. The molecule has 7 N–H and O–H groups in total. The molecule has 0 aliphatic rings. The monoisotopic (exact) mass is 389 g/mol. The molecule has 3 unspecified atom stereocenters. The first-order valence-corrected chi connectivity index (χ1v) is 8.60. The second kappa shape index (κ2) is 9.51. The van der Waals surface area contributed by atoms with Gasteiger partial charge in [-0.25, -0.2) is 9.78 Å². The van der Waals surface area contributed by atoms with E-state index in [2.05, 4.69) is 20.6 Å². The van der Waals surface area contributed by atoms with E-state index in [0.29, 0.717) is 11.3 Å². The fraction of sp³-hybridized carbons (Fsp3) is 0.333. The molecular formula is C18H23N5O5. The van der Waals surface area contributed by atoms with Crippen LogP contribution in [0.15, 0.2) is 36.8 Å². The average Bonchev–Trinajstić information content (AvgIpc) is 3.15. The number of benzene rings is 1. The highest BCUT2D eigenvalue weighted by Gasteiger charge is 2.28. The number of amides is 2. The van der Waals surface area contributed by atoms with Crippen molar-refractivity contribution in [3.8, 4) is 5.75 Å². The molecule has 10 heteroatoms. The minimum atomic E-state index is -1.22. The van der Waals surface area contributed by atoms with Gasteiger partial charge in [0, 0.05) is 24.7 Å². The number of nitrogens with two attached hydrogens (primary N) is 1. The van der Waals surface area contributed by atoms with Crippen molar-refractivity contribution >= 4 is 17.8 Å². The molecule has 2 rings (SSSR count). The number of aromatic amines is 1. The SMILES string of the molecule is CC(N)C(=O)NC(Cc1cnc[nH]1)C(=O)NC(Cc1ccc(O)cc1)C(=O)O. The maximum absolute atomic E-state index is 12.7. The molecule has 0 radical (unpaired) electrons. The van der Waals surface area contributed by atoms with Crippen molar-refractivity contribution < 1.29 is 24.6 Å². The van der Waals surface area contributed by atoms with Crippen LogP contribution in [0, 0.1) is 0 Å². The molecule has 150 valence electrons. The van der Waals surface area contributed by atoms with E-state index in [1.165, 1.54) is 31.6 Å². The number of aromatic nitrogens is 2. The molecule has 1 aromatic carbocycles. The minimum absolute atomic E-state index is 0.0133. The van der Waals surface area contributed by atoms with Crippen LogP contribution >= 0.6 is 0 Å². The van der Waals surface area contributed by atoms with Crippen molar-refractivity contribution in [3.05, 3.63) is 48.0 Å². The number of H-pyrrole nitrogens is 1. The van der Waals surface area contributed by atoms with E-state index in [0.717, 1.165) is 0 Å². The summed E-state index contributed by atoms with van der Waals surface area (Å²) in [5.41, 5.74) is 6.76. The molecule has 2 aromatic rings. The Kier molecular flexibility index (Phi) is 7.10. The van der Waals surface area contributed by atoms with Gasteiger partial charge in [0.2, 0.25) is 11.8 Å². The predicted molar refractivity (Wildman–Crippen MR) is 99.2 cm³/mol. The van der Waals surface area contributed by atoms with Crippen molar-refractivity contribution in [1.82, 2.24) is 20.6 Å². The number of carboxylic acid groups (broad SMARTS) is 1. The number of imidazole rings is 1. The lowest BCUT2D eigenvalue weighted by molar-refractivity contribution is -0.142. The van der Waals surface area contributed by atoms with Crippen LogP contribution in [0.4, 0.5) is 0 Å². The van der Waals surface area contributed by atoms with E-state index in [1.54, 1.807) is 12.1 Å². The first kappa shape index (κ1) is 20.9. The second-order valence-electron chi connectivity index (χ2n) is 6.40. The van der Waals surface area contributed by atoms with Crippen molar-refractivity contribution in [3.63, 3.8) is 0 Å². The fourth-order valence-corrected chi connectivity index (χ4v) is 2.47. The summed E-state index contributed by atoms with van der Waals surface area (Å²) in [4.78, 5) is 42.9. The highest BCUT2D eigenvalue weighted by molar-refractivity contribution is 5.91. The number of carbonyl (C=O) groups is 3. The number of carboxylic acids is 1. The molecule has 10 nitrogen and oxygen atoms in total. The zero-order valence-corrected chi connectivity index (χ0v) is 15.3. The van der Waals surface area contributed by atoms with E-state index in [9.17, 15) is 24.6 Å². The van der Waals surface area contributed by atoms with Gasteiger partial charge in [-0.1, -0.05) is 12.1 Å². The van der Waals surface area contributed by atoms with Gasteiger partial charge in [-0.05, 0) is 24.6 Å². The van der Waals surface area contributed by atoms with Crippen molar-refractivity contribution in [2.75, 3.05) is 0 Å². The van der Waals surface area contributed by atoms with E-state index in [4.69, 9.17) is 5.73 Å². The van der Waals surface area contributed by atoms with Crippen LogP contribution in [0.25, 0.3) is 0 Å². The third-order valence-electron chi connectivity index (χ3n) is 4.02. The summed E-state index contributed by atoms with van der Waals surface area (Å²) in [5.74, 6) is -2.36. The van der Waals surface area contributed by atoms with Gasteiger partial charge in [-0.3, -0.25) is 9.59 Å². The van der Waals surface area contributed by atoms with Crippen molar-refractivity contribution in [1.29, 1.82) is 0 Å². The van der Waals surface area contributed by atoms with Gasteiger partial charge in [0.25, 0.3) is 0 Å². The summed E-state index contributed by atoms with van der Waals surface area (Å²) in [6.45, 7) is 1.48. The molecule has 0 saturated carbocycles. The Hall–Kier alpha value is -3.40. The Morgan fingerprint density at radius 3 is 2.29 bits per heavy atom. The summed E-state index contributed by atoms with van der Waals surface area (Å²) in [6, 6.07) is 2.92. The Labute approximate surface area is 161 Å². The maximum Gasteiger partial charge on any atom is 0.326 e. The number of phenols is 1. The molecule has 0 spiro atoms. The fourth-order valence-electron chi connectivity index (χ4n) is 2.47. The Balaban J connectivity index is 2.11. The van der Waals surface area contributed by atoms with Crippen LogP contribution in [0.5, 0.6) is 5.75 Å². The van der Waals surface area contributed by atoms with E-state index < -0.39 is 35.9 Å². The zero-order valence-electron chi connectivity index (χ0n) is 15.3. The number of aliphatic carboxylic acids is 1. The number of hydrogen-bond acceptors (Lipinski definition) is 6. The second-order valence-corrected chi connectivity index (χ2v) is 6.40. The average molecular weight is 389 g/mol. The topological polar surface area (TPSA) is 170 Å².